The van der Waals surface area contributed by atoms with Crippen LogP contribution in [-0.2, 0) is 4.74 Å². The lowest BCUT2D eigenvalue weighted by atomic mass is 9.92. The Kier molecular flexibility index (Phi) is 6.40. The van der Waals surface area contributed by atoms with E-state index < -0.39 is 11.6 Å². The molecule has 6 nitrogen and oxygen atoms in total. The van der Waals surface area contributed by atoms with Crippen molar-refractivity contribution in [3.05, 3.63) is 47.8 Å². The molecular weight excluding hydrogens is 390 g/mol. The summed E-state index contributed by atoms with van der Waals surface area (Å²) in [6.07, 6.45) is 7.38. The van der Waals surface area contributed by atoms with Gasteiger partial charge < -0.3 is 14.4 Å². The fourth-order valence-electron chi connectivity index (χ4n) is 3.89. The Hall–Kier alpha value is -2.77. The summed E-state index contributed by atoms with van der Waals surface area (Å²) in [5.41, 5.74) is -0.221. The topological polar surface area (TPSA) is 59.8 Å². The lowest BCUT2D eigenvalue weighted by Gasteiger charge is -2.31. The second-order valence-corrected chi connectivity index (χ2v) is 7.81. The number of ether oxygens (including phenoxy) is 2. The highest BCUT2D eigenvalue weighted by molar-refractivity contribution is 5.95. The van der Waals surface area contributed by atoms with Gasteiger partial charge in [0.2, 0.25) is 11.8 Å². The lowest BCUT2D eigenvalue weighted by Crippen LogP contribution is -2.34. The number of hydrogen-bond donors (Lipinski definition) is 0. The summed E-state index contributed by atoms with van der Waals surface area (Å²) in [6, 6.07) is 4.22. The molecule has 8 heteroatoms. The highest BCUT2D eigenvalue weighted by Gasteiger charge is 2.24. The Balaban J connectivity index is 1.22. The minimum absolute atomic E-state index is 0.0243. The molecular formula is C22H26F2N4O2. The second kappa shape index (κ2) is 9.36. The van der Waals surface area contributed by atoms with Crippen molar-refractivity contribution in [1.29, 1.82) is 0 Å². The summed E-state index contributed by atoms with van der Waals surface area (Å²) in [5.74, 6) is 0.188. The number of aromatic nitrogens is 2. The molecule has 1 fully saturated rings. The molecule has 2 aliphatic rings. The number of anilines is 1. The van der Waals surface area contributed by atoms with Crippen molar-refractivity contribution in [2.24, 2.45) is 10.9 Å². The van der Waals surface area contributed by atoms with Gasteiger partial charge in [0.1, 0.15) is 29.1 Å². The fourth-order valence-corrected chi connectivity index (χ4v) is 3.89. The predicted molar refractivity (Wildman–Crippen MR) is 110 cm³/mol. The third kappa shape index (κ3) is 4.86. The van der Waals surface area contributed by atoms with Gasteiger partial charge in [0.25, 0.3) is 0 Å². The molecule has 3 heterocycles. The van der Waals surface area contributed by atoms with Crippen LogP contribution in [0.4, 0.5) is 14.7 Å². The summed E-state index contributed by atoms with van der Waals surface area (Å²) in [5, 5.41) is 0. The largest absolute Gasteiger partial charge is 0.493 e. The van der Waals surface area contributed by atoms with E-state index in [-0.39, 0.29) is 23.3 Å². The molecule has 1 unspecified atom stereocenters. The maximum absolute atomic E-state index is 14.4. The molecule has 0 aliphatic carbocycles. The molecule has 2 aromatic rings. The van der Waals surface area contributed by atoms with Crippen molar-refractivity contribution < 1.29 is 18.3 Å². The molecule has 0 N–H and O–H groups in total. The normalized spacial score (nSPS) is 19.5. The Bertz CT molecular complexity index is 863. The molecule has 4 rings (SSSR count). The van der Waals surface area contributed by atoms with Gasteiger partial charge in [-0.3, -0.25) is 0 Å². The first-order valence-electron chi connectivity index (χ1n) is 10.5. The van der Waals surface area contributed by atoms with Gasteiger partial charge in [0.05, 0.1) is 13.2 Å². The van der Waals surface area contributed by atoms with Crippen LogP contribution in [0.1, 0.15) is 38.2 Å². The van der Waals surface area contributed by atoms with Crippen LogP contribution in [0.5, 0.6) is 5.75 Å². The Morgan fingerprint density at radius 3 is 2.47 bits per heavy atom. The minimum atomic E-state index is -0.714. The van der Waals surface area contributed by atoms with Crippen molar-refractivity contribution in [3.8, 4) is 5.75 Å². The maximum atomic E-state index is 14.4. The number of hydrogen-bond acceptors (Lipinski definition) is 6. The molecule has 1 saturated heterocycles. The Morgan fingerprint density at radius 1 is 1.13 bits per heavy atom. The summed E-state index contributed by atoms with van der Waals surface area (Å²) in [7, 11) is 0. The van der Waals surface area contributed by atoms with Crippen LogP contribution in [0.15, 0.2) is 35.6 Å². The minimum Gasteiger partial charge on any atom is -0.493 e. The lowest BCUT2D eigenvalue weighted by molar-refractivity contribution is 0.244. The molecule has 0 saturated carbocycles. The average Bonchev–Trinajstić information content (AvgIpc) is 3.17. The van der Waals surface area contributed by atoms with Crippen molar-refractivity contribution in [2.75, 3.05) is 31.1 Å². The quantitative estimate of drug-likeness (QED) is 0.639. The van der Waals surface area contributed by atoms with E-state index in [1.165, 1.54) is 12.1 Å². The van der Waals surface area contributed by atoms with Crippen LogP contribution in [0, 0.1) is 17.6 Å². The summed E-state index contributed by atoms with van der Waals surface area (Å²) in [4.78, 5) is 14.9. The zero-order valence-corrected chi connectivity index (χ0v) is 17.1. The third-order valence-corrected chi connectivity index (χ3v) is 5.51. The van der Waals surface area contributed by atoms with Gasteiger partial charge >= 0.3 is 0 Å². The maximum Gasteiger partial charge on any atom is 0.225 e. The van der Waals surface area contributed by atoms with Crippen LogP contribution in [0.3, 0.4) is 0 Å². The molecule has 1 atom stereocenters. The van der Waals surface area contributed by atoms with E-state index in [4.69, 9.17) is 9.47 Å². The summed E-state index contributed by atoms with van der Waals surface area (Å²) >= 11 is 0. The smallest absolute Gasteiger partial charge is 0.225 e. The number of aliphatic imine (C=N–C) groups is 1. The van der Waals surface area contributed by atoms with E-state index in [0.717, 1.165) is 44.7 Å². The Morgan fingerprint density at radius 2 is 1.83 bits per heavy atom. The van der Waals surface area contributed by atoms with Crippen LogP contribution in [0.25, 0.3) is 0 Å². The van der Waals surface area contributed by atoms with Gasteiger partial charge in [0.15, 0.2) is 0 Å². The first-order chi connectivity index (χ1) is 14.6. The average molecular weight is 416 g/mol. The number of rotatable bonds is 7. The van der Waals surface area contributed by atoms with E-state index in [2.05, 4.69) is 19.9 Å². The molecule has 0 radical (unpaired) electrons. The van der Waals surface area contributed by atoms with Crippen molar-refractivity contribution in [2.45, 2.75) is 38.7 Å². The molecule has 0 spiro atoms. The monoisotopic (exact) mass is 416 g/mol. The van der Waals surface area contributed by atoms with Gasteiger partial charge in [-0.2, -0.15) is 0 Å². The third-order valence-electron chi connectivity index (χ3n) is 5.51. The number of benzene rings is 1. The summed E-state index contributed by atoms with van der Waals surface area (Å²) < 4.78 is 39.7. The molecule has 1 aromatic carbocycles. The van der Waals surface area contributed by atoms with Crippen molar-refractivity contribution in [1.82, 2.24) is 9.97 Å². The van der Waals surface area contributed by atoms with Crippen LogP contribution in [-0.4, -0.2) is 48.2 Å². The van der Waals surface area contributed by atoms with E-state index in [1.54, 1.807) is 12.4 Å². The van der Waals surface area contributed by atoms with Crippen LogP contribution < -0.4 is 9.64 Å². The first-order valence-corrected chi connectivity index (χ1v) is 10.5. The molecule has 2 aliphatic heterocycles. The Labute approximate surface area is 175 Å². The van der Waals surface area contributed by atoms with Gasteiger partial charge in [-0.15, -0.1) is 0 Å². The molecule has 1 aromatic heterocycles. The van der Waals surface area contributed by atoms with E-state index in [9.17, 15) is 8.78 Å². The van der Waals surface area contributed by atoms with Gasteiger partial charge in [-0.25, -0.2) is 23.7 Å². The van der Waals surface area contributed by atoms with E-state index >= 15 is 0 Å². The second-order valence-electron chi connectivity index (χ2n) is 7.81. The molecule has 0 amide bonds. The van der Waals surface area contributed by atoms with Crippen molar-refractivity contribution in [3.63, 3.8) is 0 Å². The van der Waals surface area contributed by atoms with E-state index in [0.29, 0.717) is 19.1 Å². The SMILES string of the molecule is CC1CN=C(c2c(F)cc(OCCCC3CCN(c4ncccn4)CC3)cc2F)O1. The molecule has 0 bridgehead atoms. The standard InChI is InChI=1S/C22H26F2N4O2/c1-15-14-27-21(30-15)20-18(23)12-17(13-19(20)24)29-11-2-4-16-5-9-28(10-6-16)22-25-7-3-8-26-22/h3,7-8,12-13,15-16H,2,4-6,9-11,14H2,1H3. The predicted octanol–water partition coefficient (Wildman–Crippen LogP) is 4.00. The highest BCUT2D eigenvalue weighted by atomic mass is 19.1. The number of nitrogens with zero attached hydrogens (tertiary/aromatic N) is 4. The van der Waals surface area contributed by atoms with E-state index in [1.807, 2.05) is 13.0 Å². The first kappa shape index (κ1) is 20.5. The fraction of sp³-hybridized carbons (Fsp3) is 0.500. The number of piperidine rings is 1. The van der Waals surface area contributed by atoms with Crippen LogP contribution in [0.2, 0.25) is 0 Å². The zero-order chi connectivity index (χ0) is 20.9. The molecule has 160 valence electrons. The van der Waals surface area contributed by atoms with Gasteiger partial charge in [-0.05, 0) is 44.6 Å². The van der Waals surface area contributed by atoms with Crippen molar-refractivity contribution >= 4 is 11.8 Å². The van der Waals surface area contributed by atoms with Crippen LogP contribution >= 0.6 is 0 Å². The zero-order valence-electron chi connectivity index (χ0n) is 17.1. The number of halogens is 2. The molecule has 30 heavy (non-hydrogen) atoms. The highest BCUT2D eigenvalue weighted by Crippen LogP contribution is 2.26. The van der Waals surface area contributed by atoms with Gasteiger partial charge in [0, 0.05) is 37.6 Å². The van der Waals surface area contributed by atoms with Gasteiger partial charge in [-0.1, -0.05) is 0 Å². The summed E-state index contributed by atoms with van der Waals surface area (Å²) in [6.45, 7) is 4.53.